The van der Waals surface area contributed by atoms with E-state index in [1.807, 2.05) is 12.3 Å². The van der Waals surface area contributed by atoms with Gasteiger partial charge in [0.1, 0.15) is 5.69 Å². The van der Waals surface area contributed by atoms with Gasteiger partial charge in [-0.1, -0.05) is 25.9 Å². The fourth-order valence-corrected chi connectivity index (χ4v) is 2.58. The molecule has 0 radical (unpaired) electrons. The van der Waals surface area contributed by atoms with Gasteiger partial charge in [-0.2, -0.15) is 4.98 Å². The highest BCUT2D eigenvalue weighted by molar-refractivity contribution is 7.09. The zero-order valence-electron chi connectivity index (χ0n) is 12.1. The van der Waals surface area contributed by atoms with E-state index in [1.54, 1.807) is 11.3 Å². The number of hydrogen-bond donors (Lipinski definition) is 0. The fraction of sp³-hybridized carbons (Fsp3) is 0.615. The summed E-state index contributed by atoms with van der Waals surface area (Å²) in [7, 11) is 2.06. The van der Waals surface area contributed by atoms with Gasteiger partial charge in [0.05, 0.1) is 11.6 Å². The average Bonchev–Trinajstić information content (AvgIpc) is 2.83. The molecule has 2 aromatic heterocycles. The molecule has 0 unspecified atom stereocenters. The molecular formula is C13H20N4OS. The lowest BCUT2D eigenvalue weighted by Crippen LogP contribution is -2.28. The van der Waals surface area contributed by atoms with Crippen LogP contribution in [0.15, 0.2) is 9.90 Å². The van der Waals surface area contributed by atoms with Crippen molar-refractivity contribution in [2.75, 3.05) is 13.6 Å². The Kier molecular flexibility index (Phi) is 4.01. The van der Waals surface area contributed by atoms with Crippen molar-refractivity contribution in [1.29, 1.82) is 0 Å². The first kappa shape index (κ1) is 14.1. The van der Waals surface area contributed by atoms with Crippen molar-refractivity contribution in [2.45, 2.75) is 34.2 Å². The monoisotopic (exact) mass is 280 g/mol. The van der Waals surface area contributed by atoms with Crippen molar-refractivity contribution >= 4 is 11.3 Å². The molecule has 0 bridgehead atoms. The van der Waals surface area contributed by atoms with Gasteiger partial charge < -0.3 is 4.52 Å². The molecule has 0 saturated carbocycles. The maximum Gasteiger partial charge on any atom is 0.241 e. The normalized spacial score (nSPS) is 12.3. The Morgan fingerprint density at radius 1 is 1.32 bits per heavy atom. The van der Waals surface area contributed by atoms with Gasteiger partial charge in [-0.05, 0) is 19.4 Å². The van der Waals surface area contributed by atoms with Crippen molar-refractivity contribution in [1.82, 2.24) is 20.0 Å². The Balaban J connectivity index is 2.01. The third-order valence-corrected chi connectivity index (χ3v) is 3.24. The quantitative estimate of drug-likeness (QED) is 0.861. The molecule has 0 N–H and O–H groups in total. The van der Waals surface area contributed by atoms with E-state index in [0.29, 0.717) is 18.3 Å². The van der Waals surface area contributed by atoms with Crippen LogP contribution in [0.1, 0.15) is 31.7 Å². The molecule has 2 aromatic rings. The standard InChI is InChI=1S/C13H20N4OS/c1-9-14-10(7-19-9)12-15-11(18-16-12)6-17(5)8-13(2,3)4/h7H,6,8H2,1-5H3. The molecule has 0 aliphatic heterocycles. The molecule has 2 heterocycles. The molecule has 5 nitrogen and oxygen atoms in total. The Bertz CT molecular complexity index is 541. The Labute approximate surface area is 117 Å². The Hall–Kier alpha value is -1.27. The third kappa shape index (κ3) is 4.11. The zero-order valence-corrected chi connectivity index (χ0v) is 12.9. The number of hydrogen-bond acceptors (Lipinski definition) is 6. The van der Waals surface area contributed by atoms with Gasteiger partial charge in [-0.3, -0.25) is 4.90 Å². The Morgan fingerprint density at radius 3 is 2.63 bits per heavy atom. The zero-order chi connectivity index (χ0) is 14.0. The topological polar surface area (TPSA) is 55.1 Å². The van der Waals surface area contributed by atoms with Crippen LogP contribution < -0.4 is 0 Å². The van der Waals surface area contributed by atoms with E-state index < -0.39 is 0 Å². The first-order valence-electron chi connectivity index (χ1n) is 6.27. The van der Waals surface area contributed by atoms with Crippen LogP contribution in [-0.4, -0.2) is 33.6 Å². The highest BCUT2D eigenvalue weighted by Crippen LogP contribution is 2.19. The van der Waals surface area contributed by atoms with Gasteiger partial charge in [-0.15, -0.1) is 11.3 Å². The predicted octanol–water partition coefficient (Wildman–Crippen LogP) is 2.98. The van der Waals surface area contributed by atoms with Crippen molar-refractivity contribution in [2.24, 2.45) is 5.41 Å². The van der Waals surface area contributed by atoms with E-state index in [9.17, 15) is 0 Å². The van der Waals surface area contributed by atoms with E-state index in [2.05, 4.69) is 47.8 Å². The van der Waals surface area contributed by atoms with Crippen LogP contribution in [0.4, 0.5) is 0 Å². The van der Waals surface area contributed by atoms with Crippen LogP contribution in [0.2, 0.25) is 0 Å². The highest BCUT2D eigenvalue weighted by Gasteiger charge is 2.17. The van der Waals surface area contributed by atoms with Gasteiger partial charge in [0, 0.05) is 11.9 Å². The van der Waals surface area contributed by atoms with Crippen molar-refractivity contribution in [3.05, 3.63) is 16.3 Å². The minimum absolute atomic E-state index is 0.254. The summed E-state index contributed by atoms with van der Waals surface area (Å²) in [6.45, 7) is 10.2. The maximum atomic E-state index is 5.28. The minimum Gasteiger partial charge on any atom is -0.337 e. The second-order valence-electron chi connectivity index (χ2n) is 6.00. The number of aryl methyl sites for hydroxylation is 1. The maximum absolute atomic E-state index is 5.28. The largest absolute Gasteiger partial charge is 0.337 e. The summed E-state index contributed by atoms with van der Waals surface area (Å²) in [5, 5.41) is 6.93. The molecule has 2 rings (SSSR count). The summed E-state index contributed by atoms with van der Waals surface area (Å²) in [5.74, 6) is 1.20. The van der Waals surface area contributed by atoms with Gasteiger partial charge in [0.15, 0.2) is 0 Å². The lowest BCUT2D eigenvalue weighted by atomic mass is 9.96. The second-order valence-corrected chi connectivity index (χ2v) is 7.06. The SMILES string of the molecule is Cc1nc(-c2noc(CN(C)CC(C)(C)C)n2)cs1. The van der Waals surface area contributed by atoms with Crippen molar-refractivity contribution in [3.63, 3.8) is 0 Å². The van der Waals surface area contributed by atoms with E-state index in [4.69, 9.17) is 4.52 Å². The number of aromatic nitrogens is 3. The van der Waals surface area contributed by atoms with Gasteiger partial charge in [-0.25, -0.2) is 4.98 Å². The van der Waals surface area contributed by atoms with Crippen LogP contribution in [0.25, 0.3) is 11.5 Å². The first-order valence-corrected chi connectivity index (χ1v) is 7.15. The predicted molar refractivity (Wildman–Crippen MR) is 75.9 cm³/mol. The summed E-state index contributed by atoms with van der Waals surface area (Å²) < 4.78 is 5.28. The number of nitrogens with zero attached hydrogens (tertiary/aromatic N) is 4. The smallest absolute Gasteiger partial charge is 0.241 e. The van der Waals surface area contributed by atoms with E-state index in [1.165, 1.54) is 0 Å². The molecule has 0 aliphatic carbocycles. The van der Waals surface area contributed by atoms with Gasteiger partial charge in [0.2, 0.25) is 11.7 Å². The van der Waals surface area contributed by atoms with Crippen LogP contribution in [0.5, 0.6) is 0 Å². The molecule has 0 aromatic carbocycles. The number of thiazole rings is 1. The molecule has 0 aliphatic rings. The molecule has 0 fully saturated rings. The molecule has 0 atom stereocenters. The third-order valence-electron chi connectivity index (χ3n) is 2.47. The van der Waals surface area contributed by atoms with E-state index >= 15 is 0 Å². The highest BCUT2D eigenvalue weighted by atomic mass is 32.1. The molecule has 104 valence electrons. The fourth-order valence-electron chi connectivity index (χ4n) is 1.99. The summed E-state index contributed by atoms with van der Waals surface area (Å²) in [6, 6.07) is 0. The molecule has 0 spiro atoms. The van der Waals surface area contributed by atoms with Gasteiger partial charge >= 0.3 is 0 Å². The van der Waals surface area contributed by atoms with E-state index in [-0.39, 0.29) is 5.41 Å². The molecule has 19 heavy (non-hydrogen) atoms. The second kappa shape index (κ2) is 5.38. The van der Waals surface area contributed by atoms with Crippen molar-refractivity contribution in [3.8, 4) is 11.5 Å². The summed E-state index contributed by atoms with van der Waals surface area (Å²) in [5.41, 5.74) is 1.04. The average molecular weight is 280 g/mol. The minimum atomic E-state index is 0.254. The summed E-state index contributed by atoms with van der Waals surface area (Å²) in [6.07, 6.45) is 0. The lowest BCUT2D eigenvalue weighted by molar-refractivity contribution is 0.198. The summed E-state index contributed by atoms with van der Waals surface area (Å²) in [4.78, 5) is 10.9. The van der Waals surface area contributed by atoms with Crippen molar-refractivity contribution < 1.29 is 4.52 Å². The van der Waals surface area contributed by atoms with Crippen LogP contribution in [0.3, 0.4) is 0 Å². The van der Waals surface area contributed by atoms with Crippen LogP contribution >= 0.6 is 11.3 Å². The molecule has 6 heteroatoms. The number of rotatable bonds is 4. The first-order chi connectivity index (χ1) is 8.83. The summed E-state index contributed by atoms with van der Waals surface area (Å²) >= 11 is 1.59. The molecule has 0 amide bonds. The van der Waals surface area contributed by atoms with E-state index in [0.717, 1.165) is 17.2 Å². The molecule has 0 saturated heterocycles. The van der Waals surface area contributed by atoms with Crippen LogP contribution in [0, 0.1) is 12.3 Å². The molecular weight excluding hydrogens is 260 g/mol. The van der Waals surface area contributed by atoms with Crippen LogP contribution in [-0.2, 0) is 6.54 Å². The van der Waals surface area contributed by atoms with Gasteiger partial charge in [0.25, 0.3) is 0 Å². The Morgan fingerprint density at radius 2 is 2.05 bits per heavy atom. The lowest BCUT2D eigenvalue weighted by Gasteiger charge is -2.25.